The average molecular weight is 287 g/mol. The van der Waals surface area contributed by atoms with Crippen LogP contribution in [0.5, 0.6) is 11.5 Å². The zero-order valence-corrected chi connectivity index (χ0v) is 11.2. The quantitative estimate of drug-likeness (QED) is 0.518. The molecule has 108 valence electrons. The number of hydrogen-bond donors (Lipinski definition) is 1. The van der Waals surface area contributed by atoms with Gasteiger partial charge in [0.15, 0.2) is 5.75 Å². The third kappa shape index (κ3) is 2.84. The molecular weight excluding hydrogens is 274 g/mol. The molecule has 0 aliphatic heterocycles. The minimum Gasteiger partial charge on any atom is -0.500 e. The van der Waals surface area contributed by atoms with Gasteiger partial charge < -0.3 is 14.6 Å². The Bertz CT molecular complexity index is 669. The van der Waals surface area contributed by atoms with Gasteiger partial charge in [0.25, 0.3) is 0 Å². The van der Waals surface area contributed by atoms with Crippen molar-refractivity contribution in [1.29, 1.82) is 0 Å². The molecule has 6 nitrogen and oxygen atoms in total. The van der Waals surface area contributed by atoms with Gasteiger partial charge in [-0.25, -0.2) is 0 Å². The van der Waals surface area contributed by atoms with Gasteiger partial charge in [-0.2, -0.15) is 0 Å². The molecule has 0 radical (unpaired) electrons. The first-order chi connectivity index (χ1) is 10.1. The maximum Gasteiger partial charge on any atom is 0.314 e. The van der Waals surface area contributed by atoms with Crippen molar-refractivity contribution < 1.29 is 19.6 Å². The van der Waals surface area contributed by atoms with Gasteiger partial charge in [-0.3, -0.25) is 10.1 Å². The van der Waals surface area contributed by atoms with Crippen LogP contribution >= 0.6 is 0 Å². The molecule has 0 aliphatic carbocycles. The third-order valence-electron chi connectivity index (χ3n) is 3.15. The molecule has 2 rings (SSSR count). The molecule has 0 saturated carbocycles. The van der Waals surface area contributed by atoms with E-state index in [0.29, 0.717) is 17.4 Å². The van der Waals surface area contributed by atoms with Gasteiger partial charge in [0.05, 0.1) is 18.0 Å². The van der Waals surface area contributed by atoms with Crippen molar-refractivity contribution in [3.8, 4) is 11.5 Å². The van der Waals surface area contributed by atoms with Gasteiger partial charge in [0.2, 0.25) is 5.75 Å². The van der Waals surface area contributed by atoms with E-state index >= 15 is 0 Å². The van der Waals surface area contributed by atoms with E-state index in [4.69, 9.17) is 4.74 Å². The summed E-state index contributed by atoms with van der Waals surface area (Å²) < 4.78 is 4.94. The Labute approximate surface area is 120 Å². The van der Waals surface area contributed by atoms with E-state index in [9.17, 15) is 20.0 Å². The number of methoxy groups -OCH3 is 1. The normalized spacial score (nSPS) is 11.7. The lowest BCUT2D eigenvalue weighted by atomic mass is 9.92. The zero-order chi connectivity index (χ0) is 15.4. The molecule has 1 N–H and O–H groups in total. The second kappa shape index (κ2) is 6.04. The summed E-state index contributed by atoms with van der Waals surface area (Å²) in [6, 6.07) is 11.5. The van der Waals surface area contributed by atoms with Crippen LogP contribution in [0.4, 0.5) is 5.69 Å². The molecule has 0 aliphatic rings. The Hall–Kier alpha value is -2.89. The Balaban J connectivity index is 2.59. The molecule has 6 heteroatoms. The molecule has 0 saturated heterocycles. The molecule has 0 heterocycles. The van der Waals surface area contributed by atoms with E-state index in [1.165, 1.54) is 19.2 Å². The SMILES string of the molecule is COc1cc(C(C=O)c2ccccc2)cc([N+](=O)[O-])c1O. The summed E-state index contributed by atoms with van der Waals surface area (Å²) in [6.07, 6.45) is 0.699. The summed E-state index contributed by atoms with van der Waals surface area (Å²) in [5.74, 6) is -1.26. The van der Waals surface area contributed by atoms with E-state index in [1.54, 1.807) is 24.3 Å². The lowest BCUT2D eigenvalue weighted by molar-refractivity contribution is -0.386. The van der Waals surface area contributed by atoms with Gasteiger partial charge in [0, 0.05) is 6.07 Å². The summed E-state index contributed by atoms with van der Waals surface area (Å²) in [7, 11) is 1.29. The topological polar surface area (TPSA) is 89.7 Å². The first kappa shape index (κ1) is 14.5. The molecule has 21 heavy (non-hydrogen) atoms. The summed E-state index contributed by atoms with van der Waals surface area (Å²) in [5.41, 5.74) is 0.597. The van der Waals surface area contributed by atoms with Crippen molar-refractivity contribution in [2.45, 2.75) is 5.92 Å². The predicted molar refractivity (Wildman–Crippen MR) is 75.7 cm³/mol. The summed E-state index contributed by atoms with van der Waals surface area (Å²) in [6.45, 7) is 0. The summed E-state index contributed by atoms with van der Waals surface area (Å²) in [5, 5.41) is 20.7. The van der Waals surface area contributed by atoms with Crippen LogP contribution in [0.15, 0.2) is 42.5 Å². The van der Waals surface area contributed by atoms with E-state index in [2.05, 4.69) is 0 Å². The number of rotatable bonds is 5. The average Bonchev–Trinajstić information content (AvgIpc) is 2.50. The molecule has 2 aromatic rings. The first-order valence-corrected chi connectivity index (χ1v) is 6.14. The van der Waals surface area contributed by atoms with E-state index in [0.717, 1.165) is 0 Å². The number of aldehydes is 1. The second-order valence-electron chi connectivity index (χ2n) is 4.37. The van der Waals surface area contributed by atoms with Crippen molar-refractivity contribution in [3.63, 3.8) is 0 Å². The lowest BCUT2D eigenvalue weighted by Gasteiger charge is -2.13. The molecule has 1 atom stereocenters. The standard InChI is InChI=1S/C15H13NO5/c1-21-14-8-11(7-13(15(14)18)16(19)20)12(9-17)10-5-3-2-4-6-10/h2-9,12,18H,1H3. The number of phenols is 1. The van der Waals surface area contributed by atoms with Gasteiger partial charge in [-0.1, -0.05) is 30.3 Å². The van der Waals surface area contributed by atoms with Crippen LogP contribution in [0.3, 0.4) is 0 Å². The summed E-state index contributed by atoms with van der Waals surface area (Å²) in [4.78, 5) is 21.7. The Morgan fingerprint density at radius 2 is 1.90 bits per heavy atom. The van der Waals surface area contributed by atoms with Gasteiger partial charge in [-0.15, -0.1) is 0 Å². The predicted octanol–water partition coefficient (Wildman–Crippen LogP) is 2.64. The first-order valence-electron chi connectivity index (χ1n) is 6.14. The number of carbonyl (C=O) groups is 1. The van der Waals surface area contributed by atoms with E-state index in [-0.39, 0.29) is 5.75 Å². The van der Waals surface area contributed by atoms with E-state index in [1.807, 2.05) is 6.07 Å². The highest BCUT2D eigenvalue weighted by atomic mass is 16.6. The Kier molecular flexibility index (Phi) is 4.18. The maximum absolute atomic E-state index is 11.4. The molecule has 1 unspecified atom stereocenters. The van der Waals surface area contributed by atoms with Crippen LogP contribution < -0.4 is 4.74 Å². The van der Waals surface area contributed by atoms with Crippen LogP contribution in [0.25, 0.3) is 0 Å². The van der Waals surface area contributed by atoms with E-state index < -0.39 is 22.3 Å². The number of benzene rings is 2. The fraction of sp³-hybridized carbons (Fsp3) is 0.133. The fourth-order valence-electron chi connectivity index (χ4n) is 2.10. The number of hydrogen-bond acceptors (Lipinski definition) is 5. The minimum atomic E-state index is -0.714. The van der Waals surface area contributed by atoms with Gasteiger partial charge in [0.1, 0.15) is 6.29 Å². The number of nitrogens with zero attached hydrogens (tertiary/aromatic N) is 1. The lowest BCUT2D eigenvalue weighted by Crippen LogP contribution is -2.04. The molecule has 0 aromatic heterocycles. The number of phenolic OH excluding ortho intramolecular Hbond substituents is 1. The van der Waals surface area contributed by atoms with Gasteiger partial charge >= 0.3 is 5.69 Å². The van der Waals surface area contributed by atoms with Crippen LogP contribution in [-0.2, 0) is 4.79 Å². The molecule has 0 bridgehead atoms. The maximum atomic E-state index is 11.4. The van der Waals surface area contributed by atoms with Crippen molar-refractivity contribution in [2.24, 2.45) is 0 Å². The Morgan fingerprint density at radius 1 is 1.24 bits per heavy atom. The van der Waals surface area contributed by atoms with Crippen molar-refractivity contribution in [2.75, 3.05) is 7.11 Å². The number of carbonyl (C=O) groups excluding carboxylic acids is 1. The number of ether oxygens (including phenoxy) is 1. The van der Waals surface area contributed by atoms with Crippen LogP contribution in [0.2, 0.25) is 0 Å². The molecule has 0 fully saturated rings. The van der Waals surface area contributed by atoms with Crippen molar-refractivity contribution in [3.05, 3.63) is 63.7 Å². The van der Waals surface area contributed by atoms with Crippen molar-refractivity contribution in [1.82, 2.24) is 0 Å². The zero-order valence-electron chi connectivity index (χ0n) is 11.2. The molecule has 0 amide bonds. The highest BCUT2D eigenvalue weighted by Gasteiger charge is 2.24. The number of nitro groups is 1. The van der Waals surface area contributed by atoms with Crippen LogP contribution in [0, 0.1) is 10.1 Å². The highest BCUT2D eigenvalue weighted by Crippen LogP contribution is 2.39. The van der Waals surface area contributed by atoms with Gasteiger partial charge in [-0.05, 0) is 17.2 Å². The van der Waals surface area contributed by atoms with Crippen LogP contribution in [0.1, 0.15) is 17.0 Å². The largest absolute Gasteiger partial charge is 0.500 e. The van der Waals surface area contributed by atoms with Crippen molar-refractivity contribution >= 4 is 12.0 Å². The molecule has 0 spiro atoms. The monoisotopic (exact) mass is 287 g/mol. The van der Waals surface area contributed by atoms with Crippen LogP contribution in [-0.4, -0.2) is 23.4 Å². The smallest absolute Gasteiger partial charge is 0.314 e. The fourth-order valence-corrected chi connectivity index (χ4v) is 2.10. The second-order valence-corrected chi connectivity index (χ2v) is 4.37. The third-order valence-corrected chi connectivity index (χ3v) is 3.15. The highest BCUT2D eigenvalue weighted by molar-refractivity contribution is 5.71. The number of aromatic hydroxyl groups is 1. The Morgan fingerprint density at radius 3 is 2.43 bits per heavy atom. The molecule has 2 aromatic carbocycles. The number of nitro benzene ring substituents is 1. The minimum absolute atomic E-state index is 0.0398. The summed E-state index contributed by atoms with van der Waals surface area (Å²) >= 11 is 0. The molecular formula is C15H13NO5.